The summed E-state index contributed by atoms with van der Waals surface area (Å²) in [5, 5.41) is 8.96. The molecule has 0 saturated carbocycles. The second-order valence-electron chi connectivity index (χ2n) is 8.14. The van der Waals surface area contributed by atoms with Crippen LogP contribution in [0.4, 0.5) is 10.2 Å². The second kappa shape index (κ2) is 8.53. The van der Waals surface area contributed by atoms with Crippen molar-refractivity contribution in [2.24, 2.45) is 0 Å². The van der Waals surface area contributed by atoms with Crippen LogP contribution in [0.2, 0.25) is 0 Å². The molecule has 1 aromatic carbocycles. The van der Waals surface area contributed by atoms with Crippen LogP contribution in [-0.4, -0.2) is 51.9 Å². The number of carbonyl (C=O) groups is 1. The van der Waals surface area contributed by atoms with Crippen LogP contribution >= 0.6 is 0 Å². The second-order valence-corrected chi connectivity index (χ2v) is 8.14. The van der Waals surface area contributed by atoms with Gasteiger partial charge in [-0.3, -0.25) is 4.79 Å². The molecule has 2 aromatic heterocycles. The van der Waals surface area contributed by atoms with Gasteiger partial charge in [-0.05, 0) is 31.5 Å². The van der Waals surface area contributed by atoms with E-state index in [4.69, 9.17) is 19.9 Å². The average Bonchev–Trinajstić information content (AvgIpc) is 3.30. The highest BCUT2D eigenvalue weighted by Gasteiger charge is 2.36. The van der Waals surface area contributed by atoms with Crippen molar-refractivity contribution in [2.45, 2.75) is 39.1 Å². The van der Waals surface area contributed by atoms with Crippen molar-refractivity contribution in [3.63, 3.8) is 0 Å². The summed E-state index contributed by atoms with van der Waals surface area (Å²) >= 11 is 0. The van der Waals surface area contributed by atoms with Crippen LogP contribution in [0.15, 0.2) is 24.3 Å². The molecule has 0 radical (unpaired) electrons. The fourth-order valence-electron chi connectivity index (χ4n) is 4.42. The predicted octanol–water partition coefficient (Wildman–Crippen LogP) is 2.78. The molecular weight excluding hydrogens is 429 g/mol. The fraction of sp³-hybridized carbons (Fsp3) is 0.391. The number of amides is 1. The zero-order chi connectivity index (χ0) is 23.1. The van der Waals surface area contributed by atoms with Crippen molar-refractivity contribution < 1.29 is 23.4 Å². The van der Waals surface area contributed by atoms with Gasteiger partial charge in [0, 0.05) is 23.1 Å². The highest BCUT2D eigenvalue weighted by molar-refractivity contribution is 6.00. The van der Waals surface area contributed by atoms with Gasteiger partial charge in [-0.2, -0.15) is 0 Å². The molecule has 9 nitrogen and oxygen atoms in total. The van der Waals surface area contributed by atoms with Gasteiger partial charge in [0.25, 0.3) is 5.91 Å². The zero-order valence-corrected chi connectivity index (χ0v) is 18.4. The Kier molecular flexibility index (Phi) is 5.55. The van der Waals surface area contributed by atoms with E-state index in [1.165, 1.54) is 6.07 Å². The number of halogens is 1. The van der Waals surface area contributed by atoms with Crippen molar-refractivity contribution in [3.8, 4) is 5.88 Å². The number of benzene rings is 1. The first-order chi connectivity index (χ1) is 16.0. The normalized spacial score (nSPS) is 20.2. The lowest BCUT2D eigenvalue weighted by molar-refractivity contribution is -0.0332. The number of carbonyl (C=O) groups excluding carboxylic acids is 1. The minimum absolute atomic E-state index is 0.0409. The molecule has 33 heavy (non-hydrogen) atoms. The third-order valence-electron chi connectivity index (χ3n) is 6.02. The van der Waals surface area contributed by atoms with Gasteiger partial charge in [0.2, 0.25) is 5.88 Å². The van der Waals surface area contributed by atoms with E-state index in [1.807, 2.05) is 13.8 Å². The lowest BCUT2D eigenvalue weighted by Crippen LogP contribution is -2.49. The van der Waals surface area contributed by atoms with Gasteiger partial charge in [-0.25, -0.2) is 9.37 Å². The summed E-state index contributed by atoms with van der Waals surface area (Å²) in [4.78, 5) is 19.6. The van der Waals surface area contributed by atoms with Crippen LogP contribution in [0.3, 0.4) is 0 Å². The summed E-state index contributed by atoms with van der Waals surface area (Å²) in [7, 11) is 0. The number of fused-ring (bicyclic) bond motifs is 3. The van der Waals surface area contributed by atoms with E-state index < -0.39 is 17.8 Å². The molecule has 5 rings (SSSR count). The Labute approximate surface area is 189 Å². The van der Waals surface area contributed by atoms with E-state index in [0.29, 0.717) is 54.7 Å². The lowest BCUT2D eigenvalue weighted by atomic mass is 10.00. The van der Waals surface area contributed by atoms with Crippen LogP contribution in [-0.2, 0) is 22.7 Å². The molecule has 0 bridgehead atoms. The molecule has 172 valence electrons. The van der Waals surface area contributed by atoms with Crippen LogP contribution in [0.1, 0.15) is 47.1 Å². The first-order valence-corrected chi connectivity index (χ1v) is 10.8. The Balaban J connectivity index is 1.54. The number of anilines is 1. The summed E-state index contributed by atoms with van der Waals surface area (Å²) < 4.78 is 31.7. The molecule has 2 N–H and O–H groups in total. The van der Waals surface area contributed by atoms with E-state index in [9.17, 15) is 4.79 Å². The fourth-order valence-corrected chi connectivity index (χ4v) is 4.42. The maximum atomic E-state index is 15.2. The van der Waals surface area contributed by atoms with Crippen molar-refractivity contribution in [3.05, 3.63) is 52.5 Å². The number of pyridine rings is 1. The topological polar surface area (TPSA) is 113 Å². The monoisotopic (exact) mass is 453 g/mol. The van der Waals surface area contributed by atoms with Crippen LogP contribution in [0.25, 0.3) is 10.9 Å². The number of hydrogen-bond donors (Lipinski definition) is 1. The zero-order valence-electron chi connectivity index (χ0n) is 18.4. The molecule has 3 aromatic rings. The standard InChI is InChI=1S/C23H24FN5O4/c1-3-33-21-5-4-18(27-28-21)20-11-31-8-12(2)29(20)23(30)14-6-13-15-9-32-10-16(15)22(25)26-19(13)7-17(14)24/h4-7,12,20H,3,8-11H2,1-2H3,(H2,25,26)/t12-,20-/m1/s1. The largest absolute Gasteiger partial charge is 0.477 e. The minimum Gasteiger partial charge on any atom is -0.477 e. The van der Waals surface area contributed by atoms with Gasteiger partial charge in [0.05, 0.1) is 61.9 Å². The van der Waals surface area contributed by atoms with Gasteiger partial charge in [0.1, 0.15) is 11.6 Å². The molecule has 2 aliphatic heterocycles. The number of nitrogens with two attached hydrogens (primary N) is 1. The summed E-state index contributed by atoms with van der Waals surface area (Å²) in [6.07, 6.45) is 0. The Morgan fingerprint density at radius 2 is 2.03 bits per heavy atom. The van der Waals surface area contributed by atoms with Crippen LogP contribution in [0, 0.1) is 5.82 Å². The smallest absolute Gasteiger partial charge is 0.257 e. The average molecular weight is 453 g/mol. The lowest BCUT2D eigenvalue weighted by Gasteiger charge is -2.40. The van der Waals surface area contributed by atoms with Crippen LogP contribution in [0.5, 0.6) is 5.88 Å². The van der Waals surface area contributed by atoms with Gasteiger partial charge in [-0.1, -0.05) is 0 Å². The molecule has 1 amide bonds. The molecular formula is C23H24FN5O4. The van der Waals surface area contributed by atoms with Gasteiger partial charge in [0.15, 0.2) is 0 Å². The number of aromatic nitrogens is 3. The van der Waals surface area contributed by atoms with E-state index in [-0.39, 0.29) is 18.2 Å². The Bertz CT molecular complexity index is 1220. The summed E-state index contributed by atoms with van der Waals surface area (Å²) in [6, 6.07) is 5.45. The summed E-state index contributed by atoms with van der Waals surface area (Å²) in [6.45, 7) is 5.45. The Morgan fingerprint density at radius 3 is 2.79 bits per heavy atom. The minimum atomic E-state index is -0.659. The number of hydrogen-bond acceptors (Lipinski definition) is 8. The highest BCUT2D eigenvalue weighted by atomic mass is 19.1. The molecule has 10 heteroatoms. The first kappa shape index (κ1) is 21.5. The van der Waals surface area contributed by atoms with Crippen molar-refractivity contribution >= 4 is 22.6 Å². The predicted molar refractivity (Wildman–Crippen MR) is 117 cm³/mol. The van der Waals surface area contributed by atoms with E-state index in [2.05, 4.69) is 15.2 Å². The molecule has 2 atom stereocenters. The number of ether oxygens (including phenoxy) is 3. The van der Waals surface area contributed by atoms with E-state index >= 15 is 4.39 Å². The number of nitrogen functional groups attached to an aromatic ring is 1. The number of nitrogens with zero attached hydrogens (tertiary/aromatic N) is 4. The highest BCUT2D eigenvalue weighted by Crippen LogP contribution is 2.34. The Morgan fingerprint density at radius 1 is 1.21 bits per heavy atom. The summed E-state index contributed by atoms with van der Waals surface area (Å²) in [5.41, 5.74) is 8.54. The van der Waals surface area contributed by atoms with Crippen molar-refractivity contribution in [2.75, 3.05) is 25.6 Å². The molecule has 1 fully saturated rings. The molecule has 4 heterocycles. The van der Waals surface area contributed by atoms with Gasteiger partial charge in [-0.15, -0.1) is 10.2 Å². The molecule has 0 unspecified atom stereocenters. The molecule has 0 spiro atoms. The molecule has 0 aliphatic carbocycles. The van der Waals surface area contributed by atoms with Crippen molar-refractivity contribution in [1.82, 2.24) is 20.1 Å². The quantitative estimate of drug-likeness (QED) is 0.642. The van der Waals surface area contributed by atoms with Crippen molar-refractivity contribution in [1.29, 1.82) is 0 Å². The van der Waals surface area contributed by atoms with Gasteiger partial charge >= 0.3 is 0 Å². The third kappa shape index (κ3) is 3.75. The maximum absolute atomic E-state index is 15.2. The van der Waals surface area contributed by atoms with E-state index in [0.717, 1.165) is 11.1 Å². The summed E-state index contributed by atoms with van der Waals surface area (Å²) in [5.74, 6) is -0.388. The van der Waals surface area contributed by atoms with E-state index in [1.54, 1.807) is 23.1 Å². The SMILES string of the molecule is CCOc1ccc([C@H]2COC[C@@H](C)N2C(=O)c2cc3c4c(c(N)nc3cc2F)COC4)nn1. The third-order valence-corrected chi connectivity index (χ3v) is 6.02. The molecule has 1 saturated heterocycles. The van der Waals surface area contributed by atoms with Gasteiger partial charge < -0.3 is 24.8 Å². The maximum Gasteiger partial charge on any atom is 0.257 e. The first-order valence-electron chi connectivity index (χ1n) is 10.8. The van der Waals surface area contributed by atoms with Crippen LogP contribution < -0.4 is 10.5 Å². The number of rotatable bonds is 4. The number of morpholine rings is 1. The molecule has 2 aliphatic rings. The Hall–Kier alpha value is -3.37.